The van der Waals surface area contributed by atoms with Crippen LogP contribution < -0.4 is 10.6 Å². The van der Waals surface area contributed by atoms with Crippen molar-refractivity contribution >= 4 is 64.0 Å². The van der Waals surface area contributed by atoms with Crippen LogP contribution in [0.5, 0.6) is 0 Å². The maximum Gasteiger partial charge on any atom is 0.259 e. The van der Waals surface area contributed by atoms with E-state index in [0.717, 1.165) is 24.5 Å². The Kier molecular flexibility index (Phi) is 6.83. The Morgan fingerprint density at radius 2 is 1.70 bits per heavy atom. The lowest BCUT2D eigenvalue weighted by molar-refractivity contribution is 0.102. The molecule has 1 aliphatic rings. The molecule has 0 radical (unpaired) electrons. The summed E-state index contributed by atoms with van der Waals surface area (Å²) in [6, 6.07) is 13.1. The summed E-state index contributed by atoms with van der Waals surface area (Å²) in [7, 11) is 1.97. The Hall–Kier alpha value is -3.13. The number of carbonyl (C=O) groups is 2. The van der Waals surface area contributed by atoms with E-state index in [9.17, 15) is 9.59 Å². The molecule has 0 fully saturated rings. The van der Waals surface area contributed by atoms with Crippen LogP contribution in [0.4, 0.5) is 11.5 Å². The zero-order valence-corrected chi connectivity index (χ0v) is 19.7. The lowest BCUT2D eigenvalue weighted by atomic mass is 10.1. The lowest BCUT2D eigenvalue weighted by Gasteiger charge is -2.15. The molecule has 1 aromatic heterocycles. The van der Waals surface area contributed by atoms with Crippen molar-refractivity contribution in [1.82, 2.24) is 9.88 Å². The van der Waals surface area contributed by atoms with Gasteiger partial charge in [0.25, 0.3) is 11.8 Å². The van der Waals surface area contributed by atoms with E-state index in [0.29, 0.717) is 10.6 Å². The summed E-state index contributed by atoms with van der Waals surface area (Å²) in [6.07, 6.45) is 1.41. The Bertz CT molecular complexity index is 1240. The van der Waals surface area contributed by atoms with Crippen LogP contribution in [0.1, 0.15) is 26.3 Å². The number of aliphatic imine (C=N–C) groups is 1. The summed E-state index contributed by atoms with van der Waals surface area (Å²) in [5, 5.41) is 6.18. The van der Waals surface area contributed by atoms with Crippen LogP contribution in [0, 0.1) is 0 Å². The predicted molar refractivity (Wildman–Crippen MR) is 132 cm³/mol. The summed E-state index contributed by atoms with van der Waals surface area (Å²) in [6.45, 7) is 1.61. The van der Waals surface area contributed by atoms with E-state index in [1.165, 1.54) is 18.3 Å². The van der Waals surface area contributed by atoms with Crippen LogP contribution in [-0.4, -0.2) is 47.7 Å². The molecule has 3 aromatic rings. The number of pyridine rings is 1. The molecule has 0 spiro atoms. The molecule has 0 bridgehead atoms. The zero-order chi connectivity index (χ0) is 23.5. The van der Waals surface area contributed by atoms with Gasteiger partial charge in [-0.25, -0.2) is 4.98 Å². The Morgan fingerprint density at radius 1 is 0.939 bits per heavy atom. The molecule has 2 heterocycles. The number of hydrogen-bond acceptors (Lipinski definition) is 5. The van der Waals surface area contributed by atoms with E-state index in [1.54, 1.807) is 24.3 Å². The van der Waals surface area contributed by atoms with Gasteiger partial charge >= 0.3 is 0 Å². The highest BCUT2D eigenvalue weighted by atomic mass is 35.5. The summed E-state index contributed by atoms with van der Waals surface area (Å²) in [4.78, 5) is 36.4. The zero-order valence-electron chi connectivity index (χ0n) is 17.4. The first-order valence-electron chi connectivity index (χ1n) is 9.91. The summed E-state index contributed by atoms with van der Waals surface area (Å²) in [5.41, 5.74) is 1.56. The molecule has 2 aromatic carbocycles. The molecule has 0 atom stereocenters. The van der Waals surface area contributed by atoms with E-state index < -0.39 is 11.8 Å². The third-order valence-corrected chi connectivity index (χ3v) is 5.71. The number of amidine groups is 1. The van der Waals surface area contributed by atoms with Crippen molar-refractivity contribution in [2.24, 2.45) is 4.99 Å². The second kappa shape index (κ2) is 9.79. The number of nitrogens with one attached hydrogen (secondary N) is 2. The van der Waals surface area contributed by atoms with Crippen molar-refractivity contribution in [3.63, 3.8) is 0 Å². The van der Waals surface area contributed by atoms with Gasteiger partial charge in [-0.1, -0.05) is 46.9 Å². The molecule has 4 rings (SSSR count). The van der Waals surface area contributed by atoms with Crippen LogP contribution in [0.15, 0.2) is 59.7 Å². The first kappa shape index (κ1) is 23.0. The lowest BCUT2D eigenvalue weighted by Crippen LogP contribution is -2.23. The number of nitrogens with zero attached hydrogens (tertiary/aromatic N) is 3. The standard InChI is InChI=1S/C23H18Cl3N5O2/c1-31-9-8-27-21(31)13-2-4-14(5-3-13)22(32)30-20-17(10-16(25)11-18(20)26)23(33)29-19-7-6-15(24)12-28-19/h2-7,10-12H,8-9H2,1H3,(H,30,32)(H,28,29,33). The highest BCUT2D eigenvalue weighted by molar-refractivity contribution is 6.38. The van der Waals surface area contributed by atoms with Crippen molar-refractivity contribution < 1.29 is 9.59 Å². The van der Waals surface area contributed by atoms with Gasteiger partial charge in [-0.2, -0.15) is 0 Å². The summed E-state index contributed by atoms with van der Waals surface area (Å²) in [5.74, 6) is 0.207. The Labute approximate surface area is 205 Å². The number of rotatable bonds is 5. The van der Waals surface area contributed by atoms with E-state index in [4.69, 9.17) is 34.8 Å². The van der Waals surface area contributed by atoms with Crippen molar-refractivity contribution in [1.29, 1.82) is 0 Å². The van der Waals surface area contributed by atoms with Crippen LogP contribution in [-0.2, 0) is 0 Å². The third-order valence-electron chi connectivity index (χ3n) is 4.97. The van der Waals surface area contributed by atoms with Crippen molar-refractivity contribution in [2.45, 2.75) is 0 Å². The van der Waals surface area contributed by atoms with E-state index in [2.05, 4.69) is 25.5 Å². The monoisotopic (exact) mass is 501 g/mol. The molecule has 0 saturated carbocycles. The number of amides is 2. The molecule has 2 amide bonds. The molecule has 168 valence electrons. The predicted octanol–water partition coefficient (Wildman–Crippen LogP) is 5.24. The number of anilines is 2. The fourth-order valence-electron chi connectivity index (χ4n) is 3.31. The van der Waals surface area contributed by atoms with E-state index >= 15 is 0 Å². The maximum absolute atomic E-state index is 12.9. The molecule has 0 aliphatic carbocycles. The smallest absolute Gasteiger partial charge is 0.259 e. The fourth-order valence-corrected chi connectivity index (χ4v) is 3.97. The number of carbonyl (C=O) groups excluding carboxylic acids is 2. The molecule has 33 heavy (non-hydrogen) atoms. The molecular formula is C23H18Cl3N5O2. The minimum atomic E-state index is -0.540. The fraction of sp³-hybridized carbons (Fsp3) is 0.130. The topological polar surface area (TPSA) is 86.7 Å². The van der Waals surface area contributed by atoms with Gasteiger partial charge in [0.1, 0.15) is 11.7 Å². The van der Waals surface area contributed by atoms with Crippen molar-refractivity contribution in [3.05, 3.63) is 86.5 Å². The van der Waals surface area contributed by atoms with E-state index in [-0.39, 0.29) is 27.1 Å². The molecule has 0 saturated heterocycles. The van der Waals surface area contributed by atoms with Gasteiger partial charge < -0.3 is 15.5 Å². The second-order valence-corrected chi connectivity index (χ2v) is 8.56. The van der Waals surface area contributed by atoms with Gasteiger partial charge in [-0.3, -0.25) is 14.6 Å². The maximum atomic E-state index is 12.9. The van der Waals surface area contributed by atoms with Gasteiger partial charge in [0, 0.05) is 35.9 Å². The van der Waals surface area contributed by atoms with Crippen LogP contribution in [0.25, 0.3) is 0 Å². The van der Waals surface area contributed by atoms with Crippen LogP contribution >= 0.6 is 34.8 Å². The number of halogens is 3. The molecule has 0 unspecified atom stereocenters. The highest BCUT2D eigenvalue weighted by Gasteiger charge is 2.20. The second-order valence-electron chi connectivity index (χ2n) is 7.28. The first-order valence-corrected chi connectivity index (χ1v) is 11.0. The van der Waals surface area contributed by atoms with Gasteiger partial charge in [0.2, 0.25) is 0 Å². The van der Waals surface area contributed by atoms with Gasteiger partial charge in [-0.15, -0.1) is 0 Å². The minimum Gasteiger partial charge on any atom is -0.358 e. The molecule has 7 nitrogen and oxygen atoms in total. The van der Waals surface area contributed by atoms with Gasteiger partial charge in [-0.05, 0) is 36.4 Å². The Morgan fingerprint density at radius 3 is 2.33 bits per heavy atom. The number of hydrogen-bond donors (Lipinski definition) is 2. The van der Waals surface area contributed by atoms with E-state index in [1.807, 2.05) is 19.2 Å². The SMILES string of the molecule is CN1CCN=C1c1ccc(C(=O)Nc2c(Cl)cc(Cl)cc2C(=O)Nc2ccc(Cl)cn2)cc1. The number of aromatic nitrogens is 1. The highest BCUT2D eigenvalue weighted by Crippen LogP contribution is 2.31. The molecule has 1 aliphatic heterocycles. The van der Waals surface area contributed by atoms with Crippen LogP contribution in [0.3, 0.4) is 0 Å². The normalized spacial score (nSPS) is 13.0. The van der Waals surface area contributed by atoms with Gasteiger partial charge in [0.05, 0.1) is 27.8 Å². The minimum absolute atomic E-state index is 0.0937. The van der Waals surface area contributed by atoms with Gasteiger partial charge in [0.15, 0.2) is 0 Å². The molecule has 2 N–H and O–H groups in total. The van der Waals surface area contributed by atoms with Crippen molar-refractivity contribution in [2.75, 3.05) is 30.8 Å². The largest absolute Gasteiger partial charge is 0.358 e. The number of likely N-dealkylation sites (N-methyl/N-ethyl adjacent to an activating group) is 1. The summed E-state index contributed by atoms with van der Waals surface area (Å²) < 4.78 is 0. The Balaban J connectivity index is 1.56. The average molecular weight is 503 g/mol. The summed E-state index contributed by atoms with van der Waals surface area (Å²) >= 11 is 18.3. The molecular weight excluding hydrogens is 485 g/mol. The quantitative estimate of drug-likeness (QED) is 0.500. The molecule has 10 heteroatoms. The average Bonchev–Trinajstić information content (AvgIpc) is 3.22. The third kappa shape index (κ3) is 5.27. The number of benzene rings is 2. The van der Waals surface area contributed by atoms with Crippen LogP contribution in [0.2, 0.25) is 15.1 Å². The first-order chi connectivity index (χ1) is 15.8. The van der Waals surface area contributed by atoms with Crippen molar-refractivity contribution in [3.8, 4) is 0 Å².